The molecule has 6 rings (SSSR count). The maximum Gasteiger partial charge on any atom is 0.332 e. The smallest absolute Gasteiger partial charge is 0.332 e. The molecular formula is C32H29ClN4O5. The van der Waals surface area contributed by atoms with Gasteiger partial charge in [-0.25, -0.2) is 14.5 Å². The molecule has 3 heterocycles. The van der Waals surface area contributed by atoms with Crippen LogP contribution in [0.4, 0.5) is 10.5 Å². The number of carboxylic acid groups (broad SMARTS) is 1. The highest BCUT2D eigenvalue weighted by Gasteiger charge is 2.53. The second-order valence-corrected chi connectivity index (χ2v) is 11.6. The predicted molar refractivity (Wildman–Crippen MR) is 159 cm³/mol. The van der Waals surface area contributed by atoms with Crippen LogP contribution in [0.1, 0.15) is 53.5 Å². The first-order valence-corrected chi connectivity index (χ1v) is 14.2. The largest absolute Gasteiger partial charge is 0.480 e. The number of halogens is 1. The number of nitrogens with zero attached hydrogens (tertiary/aromatic N) is 2. The number of carbonyl (C=O) groups excluding carboxylic acids is 3. The van der Waals surface area contributed by atoms with Crippen molar-refractivity contribution in [2.24, 2.45) is 5.92 Å². The Bertz CT molecular complexity index is 1750. The lowest BCUT2D eigenvalue weighted by Crippen LogP contribution is -2.44. The van der Waals surface area contributed by atoms with Gasteiger partial charge in [-0.2, -0.15) is 0 Å². The van der Waals surface area contributed by atoms with Gasteiger partial charge in [-0.3, -0.25) is 14.5 Å². The summed E-state index contributed by atoms with van der Waals surface area (Å²) in [6, 6.07) is 18.1. The van der Waals surface area contributed by atoms with Crippen LogP contribution >= 0.6 is 11.6 Å². The zero-order valence-electron chi connectivity index (χ0n) is 23.0. The van der Waals surface area contributed by atoms with E-state index < -0.39 is 41.9 Å². The van der Waals surface area contributed by atoms with Gasteiger partial charge in [0.05, 0.1) is 11.3 Å². The van der Waals surface area contributed by atoms with Crippen LogP contribution in [-0.4, -0.2) is 50.9 Å². The van der Waals surface area contributed by atoms with Crippen LogP contribution in [0.5, 0.6) is 0 Å². The Kier molecular flexibility index (Phi) is 6.98. The molecule has 4 aromatic rings. The lowest BCUT2D eigenvalue weighted by molar-refractivity contribution is -0.139. The number of aromatic nitrogens is 1. The van der Waals surface area contributed by atoms with Crippen molar-refractivity contribution in [2.75, 3.05) is 4.90 Å². The zero-order chi connectivity index (χ0) is 29.7. The number of aromatic amines is 1. The molecule has 1 aromatic heterocycles. The van der Waals surface area contributed by atoms with Crippen molar-refractivity contribution in [3.05, 3.63) is 100 Å². The van der Waals surface area contributed by atoms with E-state index in [0.717, 1.165) is 32.6 Å². The third kappa shape index (κ3) is 4.59. The Morgan fingerprint density at radius 2 is 1.79 bits per heavy atom. The van der Waals surface area contributed by atoms with E-state index in [1.807, 2.05) is 44.2 Å². The molecule has 0 aliphatic carbocycles. The van der Waals surface area contributed by atoms with Crippen LogP contribution in [0.2, 0.25) is 5.02 Å². The Morgan fingerprint density at radius 1 is 1.05 bits per heavy atom. The van der Waals surface area contributed by atoms with Gasteiger partial charge < -0.3 is 15.4 Å². The van der Waals surface area contributed by atoms with E-state index in [2.05, 4.69) is 10.3 Å². The highest BCUT2D eigenvalue weighted by atomic mass is 35.5. The number of carbonyl (C=O) groups is 4. The van der Waals surface area contributed by atoms with Gasteiger partial charge in [0.1, 0.15) is 18.1 Å². The number of anilines is 1. The van der Waals surface area contributed by atoms with Gasteiger partial charge in [-0.05, 0) is 53.8 Å². The van der Waals surface area contributed by atoms with Gasteiger partial charge in [0.25, 0.3) is 11.8 Å². The number of hydrogen-bond donors (Lipinski definition) is 3. The Hall–Kier alpha value is -4.63. The summed E-state index contributed by atoms with van der Waals surface area (Å²) in [5.41, 5.74) is 3.55. The molecule has 2 aliphatic heterocycles. The van der Waals surface area contributed by atoms with E-state index in [0.29, 0.717) is 11.4 Å². The normalized spacial score (nSPS) is 18.8. The molecule has 3 unspecified atom stereocenters. The van der Waals surface area contributed by atoms with Crippen molar-refractivity contribution < 1.29 is 24.3 Å². The lowest BCUT2D eigenvalue weighted by Gasteiger charge is -2.36. The maximum absolute atomic E-state index is 14.3. The summed E-state index contributed by atoms with van der Waals surface area (Å²) in [7, 11) is 0. The number of fused-ring (bicyclic) bond motifs is 4. The van der Waals surface area contributed by atoms with Crippen LogP contribution in [0.25, 0.3) is 10.9 Å². The van der Waals surface area contributed by atoms with Gasteiger partial charge in [-0.1, -0.05) is 67.9 Å². The second-order valence-electron chi connectivity index (χ2n) is 11.1. The molecule has 42 heavy (non-hydrogen) atoms. The number of urea groups is 1. The average Bonchev–Trinajstić information content (AvgIpc) is 3.45. The van der Waals surface area contributed by atoms with E-state index >= 15 is 0 Å². The van der Waals surface area contributed by atoms with Gasteiger partial charge in [-0.15, -0.1) is 0 Å². The SMILES string of the molecule is CC(C)CC(NC(=O)c1ccccc1N1C(=O)C2Cc3c([nH]c4ccccc34)C(c3cccc(Cl)c3)N2C1=O)C(=O)O. The fourth-order valence-electron chi connectivity index (χ4n) is 6.11. The first-order valence-electron chi connectivity index (χ1n) is 13.8. The van der Waals surface area contributed by atoms with Crippen molar-refractivity contribution in [1.82, 2.24) is 15.2 Å². The molecule has 10 heteroatoms. The number of imide groups is 1. The molecule has 3 N–H and O–H groups in total. The Labute approximate surface area is 247 Å². The van der Waals surface area contributed by atoms with Crippen LogP contribution in [0.15, 0.2) is 72.8 Å². The summed E-state index contributed by atoms with van der Waals surface area (Å²) in [6.07, 6.45) is 0.523. The van der Waals surface area contributed by atoms with Crippen molar-refractivity contribution >= 4 is 52.0 Å². The molecule has 0 spiro atoms. The maximum atomic E-state index is 14.3. The van der Waals surface area contributed by atoms with Gasteiger partial charge in [0.2, 0.25) is 0 Å². The summed E-state index contributed by atoms with van der Waals surface area (Å²) in [5, 5.41) is 13.7. The molecule has 0 saturated carbocycles. The highest BCUT2D eigenvalue weighted by molar-refractivity contribution is 6.30. The molecule has 0 bridgehead atoms. The number of hydrogen-bond acceptors (Lipinski definition) is 4. The molecular weight excluding hydrogens is 556 g/mol. The number of benzene rings is 3. The third-order valence-electron chi connectivity index (χ3n) is 7.91. The first kappa shape index (κ1) is 27.5. The third-order valence-corrected chi connectivity index (χ3v) is 8.15. The molecule has 1 saturated heterocycles. The van der Waals surface area contributed by atoms with Crippen LogP contribution in [-0.2, 0) is 16.0 Å². The summed E-state index contributed by atoms with van der Waals surface area (Å²) in [5.74, 6) is -2.26. The van der Waals surface area contributed by atoms with Gasteiger partial charge in [0.15, 0.2) is 0 Å². The van der Waals surface area contributed by atoms with Crippen molar-refractivity contribution in [2.45, 2.75) is 44.8 Å². The molecule has 9 nitrogen and oxygen atoms in total. The second kappa shape index (κ2) is 10.6. The zero-order valence-corrected chi connectivity index (χ0v) is 23.8. The van der Waals surface area contributed by atoms with Crippen molar-refractivity contribution in [1.29, 1.82) is 0 Å². The number of para-hydroxylation sites is 2. The minimum atomic E-state index is -1.15. The van der Waals surface area contributed by atoms with E-state index in [1.165, 1.54) is 12.1 Å². The number of carboxylic acids is 1. The van der Waals surface area contributed by atoms with Crippen LogP contribution in [0.3, 0.4) is 0 Å². The Balaban J connectivity index is 1.43. The summed E-state index contributed by atoms with van der Waals surface area (Å²) in [4.78, 5) is 59.7. The molecule has 3 atom stereocenters. The standard InChI is InChI=1S/C32H29ClN4O5/c1-17(2)14-24(31(40)41)35-29(38)21-11-4-6-13-25(21)37-30(39)26-16-22-20-10-3-5-12-23(20)34-27(22)28(36(26)32(37)42)18-8-7-9-19(33)15-18/h3-13,15,17,24,26,28,34H,14,16H2,1-2H3,(H,35,38)(H,40,41). The fraction of sp³-hybridized carbons (Fsp3) is 0.250. The number of nitrogens with one attached hydrogen (secondary N) is 2. The minimum absolute atomic E-state index is 0.0240. The molecule has 1 fully saturated rings. The van der Waals surface area contributed by atoms with E-state index in [9.17, 15) is 24.3 Å². The van der Waals surface area contributed by atoms with Crippen LogP contribution < -0.4 is 10.2 Å². The number of amides is 4. The summed E-state index contributed by atoms with van der Waals surface area (Å²) < 4.78 is 0. The van der Waals surface area contributed by atoms with Crippen molar-refractivity contribution in [3.8, 4) is 0 Å². The highest BCUT2D eigenvalue weighted by Crippen LogP contribution is 2.45. The average molecular weight is 585 g/mol. The summed E-state index contributed by atoms with van der Waals surface area (Å²) in [6.45, 7) is 3.73. The molecule has 2 aliphatic rings. The molecule has 4 amide bonds. The fourth-order valence-corrected chi connectivity index (χ4v) is 6.31. The minimum Gasteiger partial charge on any atom is -0.480 e. The molecule has 0 radical (unpaired) electrons. The monoisotopic (exact) mass is 584 g/mol. The van der Waals surface area contributed by atoms with Crippen molar-refractivity contribution in [3.63, 3.8) is 0 Å². The Morgan fingerprint density at radius 3 is 2.52 bits per heavy atom. The molecule has 3 aromatic carbocycles. The van der Waals surface area contributed by atoms with Gasteiger partial charge in [0, 0.05) is 28.0 Å². The van der Waals surface area contributed by atoms with E-state index in [1.54, 1.807) is 35.2 Å². The quantitative estimate of drug-likeness (QED) is 0.246. The molecule has 214 valence electrons. The predicted octanol–water partition coefficient (Wildman–Crippen LogP) is 5.53. The number of aliphatic carboxylic acids is 1. The van der Waals surface area contributed by atoms with E-state index in [-0.39, 0.29) is 23.6 Å². The lowest BCUT2D eigenvalue weighted by atomic mass is 9.89. The van der Waals surface area contributed by atoms with E-state index in [4.69, 9.17) is 11.6 Å². The first-order chi connectivity index (χ1) is 20.2. The van der Waals surface area contributed by atoms with Crippen LogP contribution in [0, 0.1) is 5.92 Å². The van der Waals surface area contributed by atoms with Gasteiger partial charge >= 0.3 is 12.0 Å². The number of rotatable bonds is 7. The number of H-pyrrole nitrogens is 1. The topological polar surface area (TPSA) is 123 Å². The summed E-state index contributed by atoms with van der Waals surface area (Å²) >= 11 is 6.38.